The molecule has 2 aromatic heterocycles. The van der Waals surface area contributed by atoms with E-state index < -0.39 is 9.84 Å². The Balaban J connectivity index is 1.46. The van der Waals surface area contributed by atoms with Gasteiger partial charge in [-0.15, -0.1) is 0 Å². The van der Waals surface area contributed by atoms with Crippen molar-refractivity contribution >= 4 is 31.5 Å². The fourth-order valence-electron chi connectivity index (χ4n) is 4.02. The molecule has 7 heteroatoms. The average molecular weight is 415 g/mol. The fourth-order valence-corrected chi connectivity index (χ4v) is 6.38. The second kappa shape index (κ2) is 6.81. The molecule has 3 aromatic rings. The Bertz CT molecular complexity index is 1190. The highest BCUT2D eigenvalue weighted by Gasteiger charge is 2.25. The van der Waals surface area contributed by atoms with Gasteiger partial charge in [-0.3, -0.25) is 9.36 Å². The number of sulfone groups is 1. The molecule has 3 heterocycles. The molecule has 5 rings (SSSR count). The average Bonchev–Trinajstić information content (AvgIpc) is 3.45. The van der Waals surface area contributed by atoms with Crippen molar-refractivity contribution in [2.24, 2.45) is 5.92 Å². The van der Waals surface area contributed by atoms with Gasteiger partial charge in [-0.2, -0.15) is 0 Å². The lowest BCUT2D eigenvalue weighted by Gasteiger charge is -2.22. The summed E-state index contributed by atoms with van der Waals surface area (Å²) in [6, 6.07) is 12.2. The lowest BCUT2D eigenvalue weighted by Crippen LogP contribution is -2.22. The quantitative estimate of drug-likeness (QED) is 0.651. The van der Waals surface area contributed by atoms with Crippen molar-refractivity contribution in [1.82, 2.24) is 9.55 Å². The fraction of sp³-hybridized carbons (Fsp3) is 0.429. The van der Waals surface area contributed by atoms with Crippen LogP contribution in [-0.4, -0.2) is 29.5 Å². The molecule has 1 aliphatic heterocycles. The molecule has 1 aromatic carbocycles. The molecule has 1 saturated heterocycles. The third-order valence-electron chi connectivity index (χ3n) is 5.88. The van der Waals surface area contributed by atoms with Crippen molar-refractivity contribution < 1.29 is 8.42 Å². The van der Waals surface area contributed by atoms with Gasteiger partial charge in [0.1, 0.15) is 14.7 Å². The number of fused-ring (bicyclic) bond motifs is 1. The van der Waals surface area contributed by atoms with Crippen LogP contribution in [0.3, 0.4) is 0 Å². The lowest BCUT2D eigenvalue weighted by molar-refractivity contribution is 0.550. The summed E-state index contributed by atoms with van der Waals surface area (Å²) in [6.45, 7) is 0.805. The van der Waals surface area contributed by atoms with Crippen molar-refractivity contribution in [3.63, 3.8) is 0 Å². The van der Waals surface area contributed by atoms with Gasteiger partial charge in [0.15, 0.2) is 0 Å². The highest BCUT2D eigenvalue weighted by molar-refractivity contribution is 7.91. The van der Waals surface area contributed by atoms with Crippen LogP contribution in [0.2, 0.25) is 0 Å². The molecule has 0 spiro atoms. The van der Waals surface area contributed by atoms with Crippen LogP contribution in [-0.2, 0) is 16.4 Å². The van der Waals surface area contributed by atoms with E-state index in [1.807, 2.05) is 28.8 Å². The monoisotopic (exact) mass is 414 g/mol. The van der Waals surface area contributed by atoms with Gasteiger partial charge in [-0.1, -0.05) is 29.5 Å². The zero-order valence-electron chi connectivity index (χ0n) is 15.5. The smallest absolute Gasteiger partial charge is 0.297 e. The largest absolute Gasteiger partial charge is 0.309 e. The highest BCUT2D eigenvalue weighted by atomic mass is 32.2. The molecule has 5 nitrogen and oxygen atoms in total. The molecule has 2 aliphatic rings. The highest BCUT2D eigenvalue weighted by Crippen LogP contribution is 2.33. The number of pyridine rings is 1. The minimum absolute atomic E-state index is 0.0729. The van der Waals surface area contributed by atoms with E-state index in [-0.39, 0.29) is 22.3 Å². The first-order valence-corrected chi connectivity index (χ1v) is 12.4. The Morgan fingerprint density at radius 2 is 1.86 bits per heavy atom. The summed E-state index contributed by atoms with van der Waals surface area (Å²) >= 11 is 1.22. The van der Waals surface area contributed by atoms with E-state index in [4.69, 9.17) is 4.98 Å². The van der Waals surface area contributed by atoms with Crippen molar-refractivity contribution in [1.29, 1.82) is 0 Å². The molecular weight excluding hydrogens is 392 g/mol. The summed E-state index contributed by atoms with van der Waals surface area (Å²) in [7, 11) is -2.86. The number of nitrogens with zero attached hydrogens (tertiary/aromatic N) is 2. The Morgan fingerprint density at radius 3 is 2.61 bits per heavy atom. The molecule has 1 saturated carbocycles. The number of thiazole rings is 1. The predicted molar refractivity (Wildman–Crippen MR) is 113 cm³/mol. The van der Waals surface area contributed by atoms with Gasteiger partial charge in [0.2, 0.25) is 0 Å². The van der Waals surface area contributed by atoms with Crippen molar-refractivity contribution in [3.8, 4) is 11.3 Å². The number of hydrogen-bond donors (Lipinski definition) is 0. The summed E-state index contributed by atoms with van der Waals surface area (Å²) in [5.41, 5.74) is 3.98. The van der Waals surface area contributed by atoms with Gasteiger partial charge in [0, 0.05) is 12.1 Å². The molecule has 28 heavy (non-hydrogen) atoms. The number of hydrogen-bond acceptors (Lipinski definition) is 5. The Kier molecular flexibility index (Phi) is 4.39. The van der Waals surface area contributed by atoms with Crippen LogP contribution in [0.4, 0.5) is 0 Å². The minimum atomic E-state index is -2.86. The van der Waals surface area contributed by atoms with Gasteiger partial charge in [0.25, 0.3) is 0 Å². The van der Waals surface area contributed by atoms with Gasteiger partial charge in [0.05, 0.1) is 22.7 Å². The van der Waals surface area contributed by atoms with Crippen molar-refractivity contribution in [2.45, 2.75) is 38.1 Å². The maximum Gasteiger partial charge on any atom is 0.309 e. The summed E-state index contributed by atoms with van der Waals surface area (Å²) in [5, 5.41) is 0. The maximum atomic E-state index is 12.4. The first-order valence-electron chi connectivity index (χ1n) is 9.80. The van der Waals surface area contributed by atoms with E-state index in [9.17, 15) is 13.2 Å². The second-order valence-electron chi connectivity index (χ2n) is 7.99. The van der Waals surface area contributed by atoms with Crippen molar-refractivity contribution in [2.75, 3.05) is 11.5 Å². The predicted octanol–water partition coefficient (Wildman–Crippen LogP) is 3.83. The van der Waals surface area contributed by atoms with Crippen LogP contribution >= 0.6 is 11.3 Å². The normalized spacial score (nSPS) is 19.9. The van der Waals surface area contributed by atoms with Crippen LogP contribution in [0.15, 0.2) is 41.2 Å². The summed E-state index contributed by atoms with van der Waals surface area (Å²) in [4.78, 5) is 18.0. The van der Waals surface area contributed by atoms with E-state index in [1.54, 1.807) is 0 Å². The molecule has 1 aliphatic carbocycles. The summed E-state index contributed by atoms with van der Waals surface area (Å²) in [5.74, 6) is 1.47. The van der Waals surface area contributed by atoms with E-state index in [1.165, 1.54) is 29.7 Å². The number of aromatic nitrogens is 2. The van der Waals surface area contributed by atoms with Crippen molar-refractivity contribution in [3.05, 3.63) is 51.6 Å². The molecule has 0 radical (unpaired) electrons. The van der Waals surface area contributed by atoms with Gasteiger partial charge in [-0.25, -0.2) is 13.4 Å². The third-order valence-corrected chi connectivity index (χ3v) is 8.49. The Morgan fingerprint density at radius 1 is 1.07 bits per heavy atom. The molecule has 0 bridgehead atoms. The van der Waals surface area contributed by atoms with Crippen LogP contribution in [0.25, 0.3) is 21.6 Å². The molecule has 146 valence electrons. The minimum Gasteiger partial charge on any atom is -0.297 e. The van der Waals surface area contributed by atoms with E-state index in [2.05, 4.69) is 12.1 Å². The van der Waals surface area contributed by atoms with Gasteiger partial charge in [-0.05, 0) is 61.3 Å². The van der Waals surface area contributed by atoms with E-state index >= 15 is 0 Å². The molecular formula is C21H22N2O3S2. The molecule has 0 N–H and O–H groups in total. The third kappa shape index (κ3) is 3.53. The molecule has 0 unspecified atom stereocenters. The zero-order chi connectivity index (χ0) is 19.3. The van der Waals surface area contributed by atoms with Crippen LogP contribution in [0.5, 0.6) is 0 Å². The Hall–Kier alpha value is -1.99. The van der Waals surface area contributed by atoms with Crippen LogP contribution in [0.1, 0.15) is 37.2 Å². The summed E-state index contributed by atoms with van der Waals surface area (Å²) < 4.78 is 25.3. The summed E-state index contributed by atoms with van der Waals surface area (Å²) in [6.07, 6.45) is 3.79. The van der Waals surface area contributed by atoms with Crippen LogP contribution in [0, 0.1) is 5.92 Å². The Labute approximate surface area is 168 Å². The van der Waals surface area contributed by atoms with Crippen LogP contribution < -0.4 is 4.87 Å². The lowest BCUT2D eigenvalue weighted by atomic mass is 9.92. The number of benzene rings is 1. The van der Waals surface area contributed by atoms with Gasteiger partial charge < -0.3 is 0 Å². The zero-order valence-corrected chi connectivity index (χ0v) is 17.1. The van der Waals surface area contributed by atoms with E-state index in [0.717, 1.165) is 28.1 Å². The first kappa shape index (κ1) is 18.1. The maximum absolute atomic E-state index is 12.4. The second-order valence-corrected chi connectivity index (χ2v) is 11.2. The molecule has 2 fully saturated rings. The number of rotatable bonds is 4. The topological polar surface area (TPSA) is 69.0 Å². The SMILES string of the molecule is O=c1sc2nc(-c3cccc(C4CCS(=O)(=O)CC4)c3)ccc2n1CC1CC1. The standard InChI is InChI=1S/C21H22N2O3S2/c24-21-23(13-14-4-5-14)19-7-6-18(22-20(19)27-21)17-3-1-2-16(12-17)15-8-10-28(25,26)11-9-15/h1-3,6-7,12,14-15H,4-5,8-11,13H2. The van der Waals surface area contributed by atoms with E-state index in [0.29, 0.717) is 18.8 Å². The molecule has 0 amide bonds. The van der Waals surface area contributed by atoms with Gasteiger partial charge >= 0.3 is 4.87 Å². The molecule has 0 atom stereocenters. The first-order chi connectivity index (χ1) is 13.5.